The van der Waals surface area contributed by atoms with Gasteiger partial charge in [-0.25, -0.2) is 9.97 Å². The summed E-state index contributed by atoms with van der Waals surface area (Å²) >= 11 is 9.53. The monoisotopic (exact) mass is 1390 g/mol. The Balaban J connectivity index is 0.938. The normalized spacial score (nSPS) is 13.0. The molecule has 0 fully saturated rings. The van der Waals surface area contributed by atoms with Crippen molar-refractivity contribution in [1.82, 2.24) is 9.97 Å². The highest BCUT2D eigenvalue weighted by Crippen LogP contribution is 2.63. The van der Waals surface area contributed by atoms with E-state index in [2.05, 4.69) is 252 Å². The van der Waals surface area contributed by atoms with Crippen LogP contribution in [0.5, 0.6) is 34.5 Å². The van der Waals surface area contributed by atoms with Crippen LogP contribution in [0.25, 0.3) is 98.9 Å². The van der Waals surface area contributed by atoms with E-state index in [9.17, 15) is 0 Å². The summed E-state index contributed by atoms with van der Waals surface area (Å²) in [4.78, 5) is 14.1. The minimum atomic E-state index is -0.835. The lowest BCUT2D eigenvalue weighted by Gasteiger charge is -2.34. The first-order valence-electron chi connectivity index (χ1n) is 31.9. The van der Waals surface area contributed by atoms with Crippen LogP contribution in [0.3, 0.4) is 0 Å². The molecule has 0 atom stereocenters. The van der Waals surface area contributed by atoms with Crippen LogP contribution in [0.4, 0.5) is 0 Å². The first-order chi connectivity index (χ1) is 47.7. The van der Waals surface area contributed by atoms with Gasteiger partial charge in [0.15, 0.2) is 0 Å². The van der Waals surface area contributed by atoms with Gasteiger partial charge in [-0.05, 0) is 186 Å². The summed E-state index contributed by atoms with van der Waals surface area (Å²) < 4.78 is 26.7. The summed E-state index contributed by atoms with van der Waals surface area (Å²) in [6.07, 6.45) is 6.59. The molecule has 2 heterocycles. The molecule has 17 rings (SSSR count). The number of rotatable bonds is 16. The molecule has 6 nitrogen and oxygen atoms in total. The molecule has 0 saturated heterocycles. The molecule has 0 N–H and O–H groups in total. The summed E-state index contributed by atoms with van der Waals surface area (Å²) in [5.74, 6) is 4.31. The molecule has 2 aliphatic carbocycles. The van der Waals surface area contributed by atoms with Gasteiger partial charge in [-0.3, -0.25) is 0 Å². The van der Waals surface area contributed by atoms with Crippen LogP contribution in [0, 0.1) is 0 Å². The van der Waals surface area contributed by atoms with Crippen molar-refractivity contribution in [1.29, 1.82) is 0 Å². The smallest absolute Gasteiger partial charge is 0.127 e. The maximum Gasteiger partial charge on any atom is 0.127 e. The van der Waals surface area contributed by atoms with Crippen molar-refractivity contribution in [2.75, 3.05) is 0 Å². The van der Waals surface area contributed by atoms with E-state index >= 15 is 0 Å². The minimum absolute atomic E-state index is 0.697. The molecule has 9 heteroatoms. The SMILES string of the molecule is C=COc1ccc(C2(c3ccc(OC=C)cc3)c3ccccc3-c3c(-c4sc(-c5cccc6c5-c5ccccc5C6(c5ccc(Oc6ccc(C=C)cc6)cc5)c5ccc(Oc6ccc(C=C)cc6)cc5)c5nc6c7cc(Br)ccc7c7ccc(Br)cc7c6nc45)cccc32)cc1. The Kier molecular flexibility index (Phi) is 14.7. The molecule has 2 aromatic heterocycles. The number of aromatic nitrogens is 2. The number of nitrogens with zero attached hydrogens (tertiary/aromatic N) is 2. The van der Waals surface area contributed by atoms with E-state index in [0.717, 1.165) is 174 Å². The Bertz CT molecular complexity index is 5580. The average Bonchev–Trinajstić information content (AvgIpc) is 1.55. The standard InChI is InChI=1S/C88H56Br2N2O4S/c1-5-53-23-37-63(38-24-53)95-65-45-31-57(32-46-65)88(58-33-47-66(48-34-58)96-64-39-25-54(6-2)26-40-64)76-20-12-10-16-70(76)80-72(18-14-22-78(80)88)86-84-83(91-81-73-51-59(89)35-49-67(73)68-50-36-60(90)52-74(68)82(81)92-84)85(97-86)71-17-13-21-77-79(71)69-15-9-11-19-75(69)87(77,55-27-41-61(42-28-55)93-7-3)56-29-43-62(44-30-56)94-8-4/h5-52H,1-4H2. The van der Waals surface area contributed by atoms with Crippen LogP contribution < -0.4 is 18.9 Å². The lowest BCUT2D eigenvalue weighted by atomic mass is 9.67. The Labute approximate surface area is 582 Å². The van der Waals surface area contributed by atoms with Gasteiger partial charge in [0.1, 0.15) is 45.5 Å². The molecule has 0 radical (unpaired) electrons. The Hall–Kier alpha value is -11.2. The Morgan fingerprint density at radius 3 is 1.01 bits per heavy atom. The second-order valence-electron chi connectivity index (χ2n) is 24.2. The van der Waals surface area contributed by atoms with Crippen molar-refractivity contribution in [2.24, 2.45) is 0 Å². The fourth-order valence-electron chi connectivity index (χ4n) is 15.1. The van der Waals surface area contributed by atoms with E-state index in [4.69, 9.17) is 28.9 Å². The van der Waals surface area contributed by atoms with Gasteiger partial charge in [0, 0.05) is 30.8 Å². The highest BCUT2D eigenvalue weighted by molar-refractivity contribution is 9.10. The van der Waals surface area contributed by atoms with E-state index in [1.54, 1.807) is 11.3 Å². The second-order valence-corrected chi connectivity index (χ2v) is 27.1. The van der Waals surface area contributed by atoms with Gasteiger partial charge >= 0.3 is 0 Å². The van der Waals surface area contributed by atoms with E-state index in [0.29, 0.717) is 11.5 Å². The van der Waals surface area contributed by atoms with Crippen molar-refractivity contribution >= 4 is 99.0 Å². The highest BCUT2D eigenvalue weighted by atomic mass is 79.9. The summed E-state index contributed by atoms with van der Waals surface area (Å²) in [5, 5.41) is 4.19. The van der Waals surface area contributed by atoms with Crippen molar-refractivity contribution < 1.29 is 18.9 Å². The number of halogens is 2. The molecule has 97 heavy (non-hydrogen) atoms. The predicted molar refractivity (Wildman–Crippen MR) is 406 cm³/mol. The zero-order chi connectivity index (χ0) is 65.5. The first kappa shape index (κ1) is 59.5. The van der Waals surface area contributed by atoms with Crippen LogP contribution in [0.2, 0.25) is 0 Å². The Morgan fingerprint density at radius 2 is 0.649 bits per heavy atom. The molecule has 462 valence electrons. The fourth-order valence-corrected chi connectivity index (χ4v) is 17.1. The largest absolute Gasteiger partial charge is 0.466 e. The average molecular weight is 1400 g/mol. The van der Waals surface area contributed by atoms with Crippen molar-refractivity contribution in [3.63, 3.8) is 0 Å². The number of ether oxygens (including phenoxy) is 4. The van der Waals surface area contributed by atoms with Crippen LogP contribution in [0.1, 0.15) is 55.6 Å². The number of fused-ring (bicyclic) bond motifs is 13. The summed E-state index contributed by atoms with van der Waals surface area (Å²) in [6.45, 7) is 15.6. The summed E-state index contributed by atoms with van der Waals surface area (Å²) in [5.41, 5.74) is 19.1. The van der Waals surface area contributed by atoms with E-state index in [-0.39, 0.29) is 0 Å². The molecule has 0 spiro atoms. The lowest BCUT2D eigenvalue weighted by molar-refractivity contribution is 0.481. The van der Waals surface area contributed by atoms with Gasteiger partial charge in [-0.2, -0.15) is 0 Å². The predicted octanol–water partition coefficient (Wildman–Crippen LogP) is 24.7. The van der Waals surface area contributed by atoms with Gasteiger partial charge in [-0.1, -0.05) is 240 Å². The maximum absolute atomic E-state index is 6.55. The van der Waals surface area contributed by atoms with Crippen molar-refractivity contribution in [3.05, 3.63) is 370 Å². The molecule has 0 aliphatic heterocycles. The van der Waals surface area contributed by atoms with Crippen LogP contribution in [0.15, 0.2) is 315 Å². The van der Waals surface area contributed by atoms with Crippen molar-refractivity contribution in [2.45, 2.75) is 10.8 Å². The molecule has 13 aromatic carbocycles. The van der Waals surface area contributed by atoms with Gasteiger partial charge in [0.05, 0.1) is 44.1 Å². The van der Waals surface area contributed by atoms with Crippen LogP contribution >= 0.6 is 43.2 Å². The molecule has 0 amide bonds. The number of thiophene rings is 1. The lowest BCUT2D eigenvalue weighted by Crippen LogP contribution is -2.28. The second kappa shape index (κ2) is 23.9. The zero-order valence-electron chi connectivity index (χ0n) is 52.2. The highest BCUT2D eigenvalue weighted by Gasteiger charge is 2.49. The van der Waals surface area contributed by atoms with Crippen molar-refractivity contribution in [3.8, 4) is 77.6 Å². The molecule has 2 aliphatic rings. The fraction of sp³-hybridized carbons (Fsp3) is 0.0227. The zero-order valence-corrected chi connectivity index (χ0v) is 56.2. The third-order valence-electron chi connectivity index (χ3n) is 19.2. The van der Waals surface area contributed by atoms with Gasteiger partial charge in [0.2, 0.25) is 0 Å². The van der Waals surface area contributed by atoms with E-state index in [1.807, 2.05) is 84.9 Å². The first-order valence-corrected chi connectivity index (χ1v) is 34.3. The maximum atomic E-state index is 6.55. The van der Waals surface area contributed by atoms with E-state index < -0.39 is 10.8 Å². The van der Waals surface area contributed by atoms with Crippen LogP contribution in [-0.2, 0) is 10.8 Å². The molecule has 0 unspecified atom stereocenters. The van der Waals surface area contributed by atoms with E-state index in [1.165, 1.54) is 12.5 Å². The Morgan fingerprint density at radius 1 is 0.320 bits per heavy atom. The van der Waals surface area contributed by atoms with Crippen LogP contribution in [-0.4, -0.2) is 9.97 Å². The quantitative estimate of drug-likeness (QED) is 0.0710. The third-order valence-corrected chi connectivity index (χ3v) is 21.4. The molecule has 15 aromatic rings. The van der Waals surface area contributed by atoms with Gasteiger partial charge in [-0.15, -0.1) is 11.3 Å². The molecular weight excluding hydrogens is 1340 g/mol. The van der Waals surface area contributed by atoms with Gasteiger partial charge in [0.25, 0.3) is 0 Å². The topological polar surface area (TPSA) is 62.7 Å². The minimum Gasteiger partial charge on any atom is -0.466 e. The molecule has 0 saturated carbocycles. The number of hydrogen-bond acceptors (Lipinski definition) is 7. The number of benzene rings is 13. The van der Waals surface area contributed by atoms with Gasteiger partial charge < -0.3 is 18.9 Å². The summed E-state index contributed by atoms with van der Waals surface area (Å²) in [7, 11) is 0. The molecular formula is C88H56Br2N2O4S. The molecule has 0 bridgehead atoms. The third kappa shape index (κ3) is 9.54. The number of hydrogen-bond donors (Lipinski definition) is 0. The summed E-state index contributed by atoms with van der Waals surface area (Å²) in [6, 6.07) is 94.4.